The van der Waals surface area contributed by atoms with Crippen molar-refractivity contribution in [3.63, 3.8) is 0 Å². The zero-order valence-corrected chi connectivity index (χ0v) is 11.8. The Hall–Kier alpha value is -0.420. The second-order valence-electron chi connectivity index (χ2n) is 4.10. The van der Waals surface area contributed by atoms with Gasteiger partial charge in [0.1, 0.15) is 0 Å². The first-order chi connectivity index (χ1) is 7.70. The van der Waals surface area contributed by atoms with E-state index in [1.54, 1.807) is 12.1 Å². The third kappa shape index (κ3) is 3.79. The standard InChI is InChI=1S/C12H16F2N2.2ClH/c1-9(16-7-5-15-6-8-16)10-3-2-4-11(13)12(10)14;;/h2-4,9,15H,5-8H2,1H3;2*1H/t9-;;/m1../s1. The van der Waals surface area contributed by atoms with Crippen LogP contribution in [0.25, 0.3) is 0 Å². The SMILES string of the molecule is C[C@H](c1cccc(F)c1F)N1CCNCC1.Cl.Cl. The molecule has 1 aromatic carbocycles. The van der Waals surface area contributed by atoms with Crippen LogP contribution in [-0.4, -0.2) is 31.1 Å². The Kier molecular flexibility index (Phi) is 7.71. The Morgan fingerprint density at radius 2 is 1.78 bits per heavy atom. The molecule has 0 bridgehead atoms. The molecule has 1 N–H and O–H groups in total. The van der Waals surface area contributed by atoms with Gasteiger partial charge in [0.2, 0.25) is 0 Å². The minimum absolute atomic E-state index is 0. The maximum atomic E-state index is 13.6. The average molecular weight is 299 g/mol. The molecule has 1 aromatic rings. The van der Waals surface area contributed by atoms with Crippen molar-refractivity contribution in [1.29, 1.82) is 0 Å². The number of hydrogen-bond donors (Lipinski definition) is 1. The Balaban J connectivity index is 0.00000144. The summed E-state index contributed by atoms with van der Waals surface area (Å²) in [5.74, 6) is -1.48. The summed E-state index contributed by atoms with van der Waals surface area (Å²) in [6, 6.07) is 4.30. The van der Waals surface area contributed by atoms with Gasteiger partial charge in [-0.1, -0.05) is 12.1 Å². The molecule has 0 aromatic heterocycles. The first-order valence-corrected chi connectivity index (χ1v) is 5.59. The van der Waals surface area contributed by atoms with Gasteiger partial charge in [-0.05, 0) is 13.0 Å². The maximum Gasteiger partial charge on any atom is 0.163 e. The summed E-state index contributed by atoms with van der Waals surface area (Å²) in [7, 11) is 0. The summed E-state index contributed by atoms with van der Waals surface area (Å²) < 4.78 is 26.7. The molecule has 6 heteroatoms. The van der Waals surface area contributed by atoms with Crippen molar-refractivity contribution in [3.05, 3.63) is 35.4 Å². The average Bonchev–Trinajstić information content (AvgIpc) is 2.33. The van der Waals surface area contributed by atoms with E-state index in [4.69, 9.17) is 0 Å². The molecule has 1 heterocycles. The highest BCUT2D eigenvalue weighted by Crippen LogP contribution is 2.24. The molecular formula is C12H18Cl2F2N2. The van der Waals surface area contributed by atoms with Crippen LogP contribution >= 0.6 is 24.8 Å². The molecule has 1 aliphatic rings. The van der Waals surface area contributed by atoms with Crippen molar-refractivity contribution in [2.75, 3.05) is 26.2 Å². The van der Waals surface area contributed by atoms with Crippen molar-refractivity contribution in [2.45, 2.75) is 13.0 Å². The molecule has 104 valence electrons. The number of benzene rings is 1. The fourth-order valence-electron chi connectivity index (χ4n) is 2.11. The van der Waals surface area contributed by atoms with Gasteiger partial charge in [0.15, 0.2) is 11.6 Å². The largest absolute Gasteiger partial charge is 0.314 e. The van der Waals surface area contributed by atoms with E-state index in [0.717, 1.165) is 32.2 Å². The zero-order chi connectivity index (χ0) is 11.5. The van der Waals surface area contributed by atoms with E-state index < -0.39 is 11.6 Å². The highest BCUT2D eigenvalue weighted by Gasteiger charge is 2.21. The molecule has 18 heavy (non-hydrogen) atoms. The Morgan fingerprint density at radius 3 is 2.39 bits per heavy atom. The van der Waals surface area contributed by atoms with Crippen molar-refractivity contribution < 1.29 is 8.78 Å². The predicted octanol–water partition coefficient (Wildman–Crippen LogP) is 2.77. The van der Waals surface area contributed by atoms with E-state index in [-0.39, 0.29) is 30.9 Å². The van der Waals surface area contributed by atoms with Gasteiger partial charge >= 0.3 is 0 Å². The molecule has 0 saturated carbocycles. The molecule has 1 fully saturated rings. The van der Waals surface area contributed by atoms with Crippen LogP contribution in [0, 0.1) is 11.6 Å². The highest BCUT2D eigenvalue weighted by molar-refractivity contribution is 5.85. The lowest BCUT2D eigenvalue weighted by Crippen LogP contribution is -2.44. The topological polar surface area (TPSA) is 15.3 Å². The molecule has 1 saturated heterocycles. The van der Waals surface area contributed by atoms with Gasteiger partial charge in [-0.25, -0.2) is 8.78 Å². The van der Waals surface area contributed by atoms with E-state index in [1.807, 2.05) is 6.92 Å². The first-order valence-electron chi connectivity index (χ1n) is 5.59. The lowest BCUT2D eigenvalue weighted by atomic mass is 10.1. The molecule has 0 unspecified atom stereocenters. The van der Waals surface area contributed by atoms with Crippen molar-refractivity contribution >= 4 is 24.8 Å². The van der Waals surface area contributed by atoms with Crippen LogP contribution in [0.2, 0.25) is 0 Å². The van der Waals surface area contributed by atoms with Crippen LogP contribution in [0.3, 0.4) is 0 Å². The molecule has 0 radical (unpaired) electrons. The lowest BCUT2D eigenvalue weighted by molar-refractivity contribution is 0.181. The fourth-order valence-corrected chi connectivity index (χ4v) is 2.11. The van der Waals surface area contributed by atoms with Gasteiger partial charge < -0.3 is 5.32 Å². The molecule has 2 rings (SSSR count). The predicted molar refractivity (Wildman–Crippen MR) is 73.7 cm³/mol. The molecular weight excluding hydrogens is 281 g/mol. The summed E-state index contributed by atoms with van der Waals surface area (Å²) >= 11 is 0. The van der Waals surface area contributed by atoms with Gasteiger partial charge in [0.05, 0.1) is 0 Å². The molecule has 2 nitrogen and oxygen atoms in total. The third-order valence-corrected chi connectivity index (χ3v) is 3.13. The number of nitrogens with one attached hydrogen (secondary N) is 1. The van der Waals surface area contributed by atoms with E-state index in [9.17, 15) is 8.78 Å². The van der Waals surface area contributed by atoms with Gasteiger partial charge in [-0.2, -0.15) is 0 Å². The summed E-state index contributed by atoms with van der Waals surface area (Å²) in [5, 5.41) is 3.24. The summed E-state index contributed by atoms with van der Waals surface area (Å²) in [5.41, 5.74) is 0.446. The Morgan fingerprint density at radius 1 is 1.17 bits per heavy atom. The molecule has 0 amide bonds. The zero-order valence-electron chi connectivity index (χ0n) is 10.2. The first kappa shape index (κ1) is 17.6. The van der Waals surface area contributed by atoms with Crippen molar-refractivity contribution in [3.8, 4) is 0 Å². The van der Waals surface area contributed by atoms with Gasteiger partial charge in [0, 0.05) is 37.8 Å². The lowest BCUT2D eigenvalue weighted by Gasteiger charge is -2.33. The minimum atomic E-state index is -0.764. The monoisotopic (exact) mass is 298 g/mol. The number of hydrogen-bond acceptors (Lipinski definition) is 2. The second-order valence-corrected chi connectivity index (χ2v) is 4.10. The van der Waals surface area contributed by atoms with Gasteiger partial charge in [-0.15, -0.1) is 24.8 Å². The fraction of sp³-hybridized carbons (Fsp3) is 0.500. The Labute approximate surface area is 119 Å². The normalized spacial score (nSPS) is 17.5. The van der Waals surface area contributed by atoms with E-state index in [0.29, 0.717) is 5.56 Å². The van der Waals surface area contributed by atoms with Gasteiger partial charge in [-0.3, -0.25) is 4.90 Å². The highest BCUT2D eigenvalue weighted by atomic mass is 35.5. The van der Waals surface area contributed by atoms with Crippen LogP contribution in [0.1, 0.15) is 18.5 Å². The molecule has 0 aliphatic carbocycles. The van der Waals surface area contributed by atoms with E-state index >= 15 is 0 Å². The maximum absolute atomic E-state index is 13.6. The Bertz CT molecular complexity index is 371. The number of nitrogens with zero attached hydrogens (tertiary/aromatic N) is 1. The van der Waals surface area contributed by atoms with Crippen molar-refractivity contribution in [1.82, 2.24) is 10.2 Å². The number of halogens is 4. The van der Waals surface area contributed by atoms with Crippen LogP contribution in [0.15, 0.2) is 18.2 Å². The van der Waals surface area contributed by atoms with E-state index in [1.165, 1.54) is 0 Å². The minimum Gasteiger partial charge on any atom is -0.314 e. The number of rotatable bonds is 2. The van der Waals surface area contributed by atoms with Crippen LogP contribution in [0.5, 0.6) is 0 Å². The molecule has 1 aliphatic heterocycles. The van der Waals surface area contributed by atoms with Gasteiger partial charge in [0.25, 0.3) is 0 Å². The van der Waals surface area contributed by atoms with Crippen LogP contribution < -0.4 is 5.32 Å². The summed E-state index contributed by atoms with van der Waals surface area (Å²) in [6.45, 7) is 5.47. The third-order valence-electron chi connectivity index (χ3n) is 3.13. The second kappa shape index (κ2) is 7.89. The quantitative estimate of drug-likeness (QED) is 0.903. The smallest absolute Gasteiger partial charge is 0.163 e. The number of piperazine rings is 1. The molecule has 1 atom stereocenters. The van der Waals surface area contributed by atoms with Crippen LogP contribution in [-0.2, 0) is 0 Å². The summed E-state index contributed by atoms with van der Waals surface area (Å²) in [6.07, 6.45) is 0. The molecule has 0 spiro atoms. The van der Waals surface area contributed by atoms with Crippen LogP contribution in [0.4, 0.5) is 8.78 Å². The van der Waals surface area contributed by atoms with Crippen molar-refractivity contribution in [2.24, 2.45) is 0 Å². The summed E-state index contributed by atoms with van der Waals surface area (Å²) in [4.78, 5) is 2.16. The van der Waals surface area contributed by atoms with E-state index in [2.05, 4.69) is 10.2 Å².